The Morgan fingerprint density at radius 3 is 2.89 bits per heavy atom. The van der Waals surface area contributed by atoms with Crippen LogP contribution in [0, 0.1) is 0 Å². The SMILES string of the molecule is CC[C@@H](C)N(C(=O)CSc1nnc(-c2cccnc2)o1)[C@@H]1CCS(=O)(=O)C1. The van der Waals surface area contributed by atoms with Crippen LogP contribution in [0.1, 0.15) is 26.7 Å². The number of carbonyl (C=O) groups excluding carboxylic acids is 1. The van der Waals surface area contributed by atoms with E-state index in [1.54, 1.807) is 23.4 Å². The molecule has 1 aliphatic heterocycles. The Labute approximate surface area is 162 Å². The van der Waals surface area contributed by atoms with Crippen LogP contribution in [0.25, 0.3) is 11.5 Å². The second-order valence-electron chi connectivity index (χ2n) is 6.52. The summed E-state index contributed by atoms with van der Waals surface area (Å²) >= 11 is 1.16. The molecule has 0 aliphatic carbocycles. The highest BCUT2D eigenvalue weighted by atomic mass is 32.2. The minimum absolute atomic E-state index is 0.0231. The number of thioether (sulfide) groups is 1. The third-order valence-electron chi connectivity index (χ3n) is 4.59. The van der Waals surface area contributed by atoms with Crippen molar-refractivity contribution >= 4 is 27.5 Å². The van der Waals surface area contributed by atoms with Crippen molar-refractivity contribution in [3.05, 3.63) is 24.5 Å². The van der Waals surface area contributed by atoms with E-state index in [1.807, 2.05) is 19.9 Å². The van der Waals surface area contributed by atoms with Crippen LogP contribution in [0.5, 0.6) is 0 Å². The van der Waals surface area contributed by atoms with Crippen LogP contribution in [0.2, 0.25) is 0 Å². The number of sulfone groups is 1. The van der Waals surface area contributed by atoms with E-state index in [-0.39, 0.29) is 35.2 Å². The van der Waals surface area contributed by atoms with Gasteiger partial charge in [0, 0.05) is 24.5 Å². The van der Waals surface area contributed by atoms with Gasteiger partial charge in [0.1, 0.15) is 0 Å². The summed E-state index contributed by atoms with van der Waals surface area (Å²) in [7, 11) is -3.06. The second-order valence-corrected chi connectivity index (χ2v) is 9.67. The monoisotopic (exact) mass is 410 g/mol. The summed E-state index contributed by atoms with van der Waals surface area (Å²) in [6.07, 6.45) is 4.53. The van der Waals surface area contributed by atoms with Crippen molar-refractivity contribution in [2.75, 3.05) is 17.3 Å². The lowest BCUT2D eigenvalue weighted by molar-refractivity contribution is -0.132. The van der Waals surface area contributed by atoms with E-state index in [0.717, 1.165) is 18.2 Å². The zero-order valence-corrected chi connectivity index (χ0v) is 16.9. The van der Waals surface area contributed by atoms with E-state index >= 15 is 0 Å². The van der Waals surface area contributed by atoms with Gasteiger partial charge in [0.2, 0.25) is 11.8 Å². The molecule has 0 spiro atoms. The highest BCUT2D eigenvalue weighted by Gasteiger charge is 2.36. The molecule has 0 aromatic carbocycles. The first kappa shape index (κ1) is 19.8. The van der Waals surface area contributed by atoms with Crippen LogP contribution in [0.15, 0.2) is 34.2 Å². The predicted octanol–water partition coefficient (Wildman–Crippen LogP) is 2.04. The maximum Gasteiger partial charge on any atom is 0.277 e. The van der Waals surface area contributed by atoms with Crippen LogP contribution in [-0.2, 0) is 14.6 Å². The first-order valence-corrected chi connectivity index (χ1v) is 11.6. The van der Waals surface area contributed by atoms with Crippen molar-refractivity contribution in [3.63, 3.8) is 0 Å². The highest BCUT2D eigenvalue weighted by Crippen LogP contribution is 2.25. The Morgan fingerprint density at radius 1 is 1.44 bits per heavy atom. The molecule has 1 fully saturated rings. The molecule has 2 aromatic rings. The Bertz CT molecular complexity index is 885. The molecular formula is C17H22N4O4S2. The molecule has 8 nitrogen and oxygen atoms in total. The van der Waals surface area contributed by atoms with E-state index < -0.39 is 9.84 Å². The lowest BCUT2D eigenvalue weighted by Gasteiger charge is -2.33. The van der Waals surface area contributed by atoms with Gasteiger partial charge in [0.25, 0.3) is 5.22 Å². The molecule has 10 heteroatoms. The number of aromatic nitrogens is 3. The molecule has 3 rings (SSSR count). The lowest BCUT2D eigenvalue weighted by atomic mass is 10.1. The maximum absolute atomic E-state index is 12.8. The molecular weight excluding hydrogens is 388 g/mol. The zero-order valence-electron chi connectivity index (χ0n) is 15.2. The second kappa shape index (κ2) is 8.39. The Morgan fingerprint density at radius 2 is 2.26 bits per heavy atom. The smallest absolute Gasteiger partial charge is 0.277 e. The molecule has 2 atom stereocenters. The summed E-state index contributed by atoms with van der Waals surface area (Å²) in [5.41, 5.74) is 0.709. The minimum atomic E-state index is -3.06. The van der Waals surface area contributed by atoms with Gasteiger partial charge in [-0.1, -0.05) is 18.7 Å². The molecule has 1 amide bonds. The first-order chi connectivity index (χ1) is 12.9. The summed E-state index contributed by atoms with van der Waals surface area (Å²) < 4.78 is 29.2. The topological polar surface area (TPSA) is 106 Å². The zero-order chi connectivity index (χ0) is 19.4. The molecule has 0 radical (unpaired) electrons. The van der Waals surface area contributed by atoms with E-state index in [1.165, 1.54) is 0 Å². The van der Waals surface area contributed by atoms with E-state index in [2.05, 4.69) is 15.2 Å². The number of nitrogens with zero attached hydrogens (tertiary/aromatic N) is 4. The molecule has 27 heavy (non-hydrogen) atoms. The molecule has 0 bridgehead atoms. The number of carbonyl (C=O) groups is 1. The fourth-order valence-electron chi connectivity index (χ4n) is 3.07. The molecule has 0 N–H and O–H groups in total. The van der Waals surface area contributed by atoms with Crippen molar-refractivity contribution in [1.29, 1.82) is 0 Å². The molecule has 1 aliphatic rings. The number of rotatable bonds is 7. The molecule has 2 aromatic heterocycles. The van der Waals surface area contributed by atoms with Crippen LogP contribution in [0.3, 0.4) is 0 Å². The number of hydrogen-bond donors (Lipinski definition) is 0. The quantitative estimate of drug-likeness (QED) is 0.638. The maximum atomic E-state index is 12.8. The van der Waals surface area contributed by atoms with Crippen molar-refractivity contribution in [2.45, 2.75) is 44.0 Å². The summed E-state index contributed by atoms with van der Waals surface area (Å²) in [5, 5.41) is 8.23. The van der Waals surface area contributed by atoms with Crippen LogP contribution in [0.4, 0.5) is 0 Å². The van der Waals surface area contributed by atoms with E-state index in [0.29, 0.717) is 23.1 Å². The van der Waals surface area contributed by atoms with Gasteiger partial charge in [-0.15, -0.1) is 10.2 Å². The third kappa shape index (κ3) is 4.86. The average Bonchev–Trinajstić information content (AvgIpc) is 3.27. The fraction of sp³-hybridized carbons (Fsp3) is 0.529. The van der Waals surface area contributed by atoms with Crippen molar-refractivity contribution < 1.29 is 17.6 Å². The van der Waals surface area contributed by atoms with Gasteiger partial charge in [-0.25, -0.2) is 8.42 Å². The van der Waals surface area contributed by atoms with Gasteiger partial charge in [0.15, 0.2) is 9.84 Å². The lowest BCUT2D eigenvalue weighted by Crippen LogP contribution is -2.47. The molecule has 1 saturated heterocycles. The fourth-order valence-corrected chi connectivity index (χ4v) is 5.42. The Balaban J connectivity index is 1.65. The third-order valence-corrected chi connectivity index (χ3v) is 7.14. The van der Waals surface area contributed by atoms with Crippen molar-refractivity contribution in [1.82, 2.24) is 20.1 Å². The Kier molecular flexibility index (Phi) is 6.15. The van der Waals surface area contributed by atoms with Crippen molar-refractivity contribution in [3.8, 4) is 11.5 Å². The Hall–Kier alpha value is -1.94. The summed E-state index contributed by atoms with van der Waals surface area (Å²) in [6, 6.07) is 3.30. The highest BCUT2D eigenvalue weighted by molar-refractivity contribution is 7.99. The number of amides is 1. The van der Waals surface area contributed by atoms with Crippen LogP contribution >= 0.6 is 11.8 Å². The van der Waals surface area contributed by atoms with Gasteiger partial charge >= 0.3 is 0 Å². The van der Waals surface area contributed by atoms with Crippen molar-refractivity contribution in [2.24, 2.45) is 0 Å². The van der Waals surface area contributed by atoms with Crippen LogP contribution in [-0.4, -0.2) is 63.7 Å². The van der Waals surface area contributed by atoms with Gasteiger partial charge < -0.3 is 9.32 Å². The van der Waals surface area contributed by atoms with Gasteiger partial charge in [0.05, 0.1) is 22.8 Å². The van der Waals surface area contributed by atoms with Gasteiger partial charge in [-0.2, -0.15) is 0 Å². The van der Waals surface area contributed by atoms with E-state index in [9.17, 15) is 13.2 Å². The molecule has 146 valence electrons. The summed E-state index contributed by atoms with van der Waals surface area (Å²) in [5.74, 6) is 0.536. The van der Waals surface area contributed by atoms with Gasteiger partial charge in [-0.3, -0.25) is 9.78 Å². The molecule has 0 unspecified atom stereocenters. The first-order valence-electron chi connectivity index (χ1n) is 8.78. The summed E-state index contributed by atoms with van der Waals surface area (Å²) in [4.78, 5) is 18.5. The molecule has 3 heterocycles. The minimum Gasteiger partial charge on any atom is -0.411 e. The largest absolute Gasteiger partial charge is 0.411 e. The standard InChI is InChI=1S/C17H22N4O4S2/c1-3-12(2)21(14-6-8-27(23,24)11-14)15(22)10-26-17-20-19-16(25-17)13-5-4-7-18-9-13/h4-5,7,9,12,14H,3,6,8,10-11H2,1-2H3/t12-,14-/m1/s1. The number of pyridine rings is 1. The van der Waals surface area contributed by atoms with Crippen LogP contribution < -0.4 is 0 Å². The average molecular weight is 411 g/mol. The number of hydrogen-bond acceptors (Lipinski definition) is 8. The summed E-state index contributed by atoms with van der Waals surface area (Å²) in [6.45, 7) is 3.93. The normalized spacial score (nSPS) is 19.7. The predicted molar refractivity (Wildman–Crippen MR) is 102 cm³/mol. The molecule has 0 saturated carbocycles. The van der Waals surface area contributed by atoms with E-state index in [4.69, 9.17) is 4.42 Å². The van der Waals surface area contributed by atoms with Gasteiger partial charge in [-0.05, 0) is 31.9 Å².